The Balaban J connectivity index is 2.00. The van der Waals surface area contributed by atoms with Gasteiger partial charge in [0.2, 0.25) is 5.91 Å². The normalized spacial score (nSPS) is 21.2. The maximum absolute atomic E-state index is 11.0. The van der Waals surface area contributed by atoms with Gasteiger partial charge in [0.15, 0.2) is 0 Å². The molecule has 1 aromatic rings. The number of imidazole rings is 1. The zero-order valence-corrected chi connectivity index (χ0v) is 8.36. The molecule has 76 valence electrons. The number of aromatic nitrogens is 2. The number of aryl methyl sites for hydroxylation is 1. The minimum atomic E-state index is 0.174. The lowest BCUT2D eigenvalue weighted by atomic mass is 10.1. The quantitative estimate of drug-likeness (QED) is 0.763. The van der Waals surface area contributed by atoms with Crippen LogP contribution in [0, 0.1) is 5.92 Å². The van der Waals surface area contributed by atoms with Crippen molar-refractivity contribution in [3.63, 3.8) is 0 Å². The summed E-state index contributed by atoms with van der Waals surface area (Å²) in [6.07, 6.45) is 5.41. The Morgan fingerprint density at radius 1 is 1.71 bits per heavy atom. The van der Waals surface area contributed by atoms with Gasteiger partial charge in [-0.1, -0.05) is 6.92 Å². The monoisotopic (exact) mass is 193 g/mol. The summed E-state index contributed by atoms with van der Waals surface area (Å²) in [6, 6.07) is 0. The zero-order chi connectivity index (χ0) is 9.97. The van der Waals surface area contributed by atoms with E-state index in [-0.39, 0.29) is 5.91 Å². The topological polar surface area (TPSA) is 46.9 Å². The van der Waals surface area contributed by atoms with Gasteiger partial charge >= 0.3 is 0 Å². The lowest BCUT2D eigenvalue weighted by molar-refractivity contribution is -0.119. The van der Waals surface area contributed by atoms with Crippen molar-refractivity contribution in [2.45, 2.75) is 26.3 Å². The number of nitrogens with one attached hydrogen (secondary N) is 1. The number of carbonyl (C=O) groups is 1. The van der Waals surface area contributed by atoms with Crippen LogP contribution in [-0.4, -0.2) is 22.0 Å². The average molecular weight is 193 g/mol. The number of rotatable bonds is 3. The van der Waals surface area contributed by atoms with Crippen molar-refractivity contribution in [2.24, 2.45) is 5.92 Å². The van der Waals surface area contributed by atoms with Gasteiger partial charge in [0.1, 0.15) is 5.82 Å². The van der Waals surface area contributed by atoms with E-state index in [0.717, 1.165) is 25.3 Å². The largest absolute Gasteiger partial charge is 0.356 e. The van der Waals surface area contributed by atoms with Gasteiger partial charge in [-0.2, -0.15) is 0 Å². The van der Waals surface area contributed by atoms with E-state index in [2.05, 4.69) is 21.8 Å². The highest BCUT2D eigenvalue weighted by Gasteiger charge is 2.21. The lowest BCUT2D eigenvalue weighted by Crippen LogP contribution is -2.16. The van der Waals surface area contributed by atoms with Gasteiger partial charge in [-0.15, -0.1) is 0 Å². The molecule has 0 spiro atoms. The fourth-order valence-electron chi connectivity index (χ4n) is 1.89. The highest BCUT2D eigenvalue weighted by atomic mass is 16.1. The molecule has 4 heteroatoms. The van der Waals surface area contributed by atoms with Crippen LogP contribution in [0.25, 0.3) is 0 Å². The summed E-state index contributed by atoms with van der Waals surface area (Å²) in [5, 5.41) is 2.85. The molecule has 1 fully saturated rings. The van der Waals surface area contributed by atoms with Crippen molar-refractivity contribution in [3.05, 3.63) is 18.2 Å². The van der Waals surface area contributed by atoms with E-state index >= 15 is 0 Å². The number of amides is 1. The Bertz CT molecular complexity index is 332. The molecule has 4 nitrogen and oxygen atoms in total. The molecular weight excluding hydrogens is 178 g/mol. The van der Waals surface area contributed by atoms with E-state index in [4.69, 9.17) is 0 Å². The second kappa shape index (κ2) is 3.82. The van der Waals surface area contributed by atoms with Crippen molar-refractivity contribution in [1.82, 2.24) is 14.9 Å². The van der Waals surface area contributed by atoms with Crippen LogP contribution in [0.5, 0.6) is 0 Å². The molecule has 0 aliphatic carbocycles. The lowest BCUT2D eigenvalue weighted by Gasteiger charge is -2.10. The molecule has 2 rings (SSSR count). The maximum Gasteiger partial charge on any atom is 0.220 e. The van der Waals surface area contributed by atoms with E-state index < -0.39 is 0 Å². The Labute approximate surface area is 83.3 Å². The molecule has 2 heterocycles. The van der Waals surface area contributed by atoms with Crippen molar-refractivity contribution >= 4 is 5.91 Å². The highest BCUT2D eigenvalue weighted by Crippen LogP contribution is 2.12. The molecule has 1 saturated heterocycles. The van der Waals surface area contributed by atoms with Crippen LogP contribution >= 0.6 is 0 Å². The molecule has 0 bridgehead atoms. The van der Waals surface area contributed by atoms with E-state index in [1.54, 1.807) is 0 Å². The van der Waals surface area contributed by atoms with Gasteiger partial charge in [-0.25, -0.2) is 4.98 Å². The molecule has 0 radical (unpaired) electrons. The van der Waals surface area contributed by atoms with E-state index in [1.807, 2.05) is 12.4 Å². The first-order valence-electron chi connectivity index (χ1n) is 5.06. The number of nitrogens with zero attached hydrogens (tertiary/aromatic N) is 2. The van der Waals surface area contributed by atoms with Crippen LogP contribution in [0.4, 0.5) is 0 Å². The molecule has 1 N–H and O–H groups in total. The molecule has 0 saturated carbocycles. The standard InChI is InChI=1S/C10H15N3O/c1-2-9-11-3-4-13(9)7-8-5-10(14)12-6-8/h3-4,8H,2,5-7H2,1H3,(H,12,14). The SMILES string of the molecule is CCc1nccn1CC1CNC(=O)C1. The van der Waals surface area contributed by atoms with Crippen LogP contribution in [-0.2, 0) is 17.8 Å². The molecule has 14 heavy (non-hydrogen) atoms. The molecule has 0 aromatic carbocycles. The van der Waals surface area contributed by atoms with E-state index in [9.17, 15) is 4.79 Å². The van der Waals surface area contributed by atoms with Crippen molar-refractivity contribution in [2.75, 3.05) is 6.54 Å². The molecule has 1 aliphatic heterocycles. The summed E-state index contributed by atoms with van der Waals surface area (Å²) < 4.78 is 2.14. The average Bonchev–Trinajstić information content (AvgIpc) is 2.76. The van der Waals surface area contributed by atoms with Crippen LogP contribution in [0.15, 0.2) is 12.4 Å². The van der Waals surface area contributed by atoms with Crippen LogP contribution in [0.3, 0.4) is 0 Å². The summed E-state index contributed by atoms with van der Waals surface area (Å²) in [7, 11) is 0. The smallest absolute Gasteiger partial charge is 0.220 e. The Kier molecular flexibility index (Phi) is 2.52. The first kappa shape index (κ1) is 9.24. The predicted molar refractivity (Wildman–Crippen MR) is 52.7 cm³/mol. The second-order valence-corrected chi connectivity index (χ2v) is 3.72. The van der Waals surface area contributed by atoms with Crippen molar-refractivity contribution < 1.29 is 4.79 Å². The van der Waals surface area contributed by atoms with Crippen LogP contribution < -0.4 is 5.32 Å². The van der Waals surface area contributed by atoms with Crippen LogP contribution in [0.1, 0.15) is 19.2 Å². The number of carbonyl (C=O) groups excluding carboxylic acids is 1. The summed E-state index contributed by atoms with van der Waals surface area (Å²) >= 11 is 0. The summed E-state index contributed by atoms with van der Waals surface area (Å²) in [5.74, 6) is 1.71. The predicted octanol–water partition coefficient (Wildman–Crippen LogP) is 0.582. The van der Waals surface area contributed by atoms with Gasteiger partial charge in [-0.3, -0.25) is 4.79 Å². The van der Waals surface area contributed by atoms with Gasteiger partial charge in [0.25, 0.3) is 0 Å². The Hall–Kier alpha value is -1.32. The third-order valence-electron chi connectivity index (χ3n) is 2.63. The van der Waals surface area contributed by atoms with Crippen molar-refractivity contribution in [3.8, 4) is 0 Å². The van der Waals surface area contributed by atoms with Crippen LogP contribution in [0.2, 0.25) is 0 Å². The fraction of sp³-hybridized carbons (Fsp3) is 0.600. The number of hydrogen-bond donors (Lipinski definition) is 1. The third kappa shape index (κ3) is 1.78. The summed E-state index contributed by atoms with van der Waals surface area (Å²) in [4.78, 5) is 15.3. The van der Waals surface area contributed by atoms with Crippen molar-refractivity contribution in [1.29, 1.82) is 0 Å². The minimum Gasteiger partial charge on any atom is -0.356 e. The first-order valence-corrected chi connectivity index (χ1v) is 5.06. The Morgan fingerprint density at radius 2 is 2.57 bits per heavy atom. The number of hydrogen-bond acceptors (Lipinski definition) is 2. The molecule has 1 unspecified atom stereocenters. The second-order valence-electron chi connectivity index (χ2n) is 3.72. The molecule has 1 atom stereocenters. The van der Waals surface area contributed by atoms with Gasteiger partial charge < -0.3 is 9.88 Å². The highest BCUT2D eigenvalue weighted by molar-refractivity contribution is 5.78. The first-order chi connectivity index (χ1) is 6.79. The zero-order valence-electron chi connectivity index (χ0n) is 8.36. The molecule has 1 aliphatic rings. The van der Waals surface area contributed by atoms with E-state index in [0.29, 0.717) is 12.3 Å². The molecule has 1 aromatic heterocycles. The fourth-order valence-corrected chi connectivity index (χ4v) is 1.89. The third-order valence-corrected chi connectivity index (χ3v) is 2.63. The van der Waals surface area contributed by atoms with Gasteiger partial charge in [0, 0.05) is 44.2 Å². The minimum absolute atomic E-state index is 0.174. The van der Waals surface area contributed by atoms with Gasteiger partial charge in [0.05, 0.1) is 0 Å². The molecule has 1 amide bonds. The summed E-state index contributed by atoms with van der Waals surface area (Å²) in [5.41, 5.74) is 0. The maximum atomic E-state index is 11.0. The Morgan fingerprint density at radius 3 is 3.21 bits per heavy atom. The van der Waals surface area contributed by atoms with E-state index in [1.165, 1.54) is 0 Å². The van der Waals surface area contributed by atoms with Gasteiger partial charge in [-0.05, 0) is 0 Å². The summed E-state index contributed by atoms with van der Waals surface area (Å²) in [6.45, 7) is 3.80. The molecular formula is C10H15N3O.